The third-order valence-electron chi connectivity index (χ3n) is 2.75. The molecule has 1 aliphatic rings. The standard InChI is InChI=1S/C11H15FN2O/c1-15-9-4-2-7-14-10(9)11(12)5-3-6-13-8-11/h2,4,7,13H,3,5-6,8H2,1H3. The van der Waals surface area contributed by atoms with Gasteiger partial charge in [0.2, 0.25) is 0 Å². The molecule has 4 heteroatoms. The Morgan fingerprint density at radius 3 is 3.13 bits per heavy atom. The van der Waals surface area contributed by atoms with Crippen molar-refractivity contribution in [3.8, 4) is 5.75 Å². The summed E-state index contributed by atoms with van der Waals surface area (Å²) in [4.78, 5) is 4.10. The molecule has 82 valence electrons. The number of nitrogens with zero attached hydrogens (tertiary/aromatic N) is 1. The van der Waals surface area contributed by atoms with E-state index in [4.69, 9.17) is 4.74 Å². The molecule has 0 spiro atoms. The van der Waals surface area contributed by atoms with Crippen LogP contribution in [0.4, 0.5) is 4.39 Å². The van der Waals surface area contributed by atoms with Crippen LogP contribution in [0.3, 0.4) is 0 Å². The number of methoxy groups -OCH3 is 1. The van der Waals surface area contributed by atoms with Crippen LogP contribution in [0.2, 0.25) is 0 Å². The summed E-state index contributed by atoms with van der Waals surface area (Å²) in [6.07, 6.45) is 2.94. The maximum Gasteiger partial charge on any atom is 0.168 e. The highest BCUT2D eigenvalue weighted by atomic mass is 19.1. The van der Waals surface area contributed by atoms with Crippen LogP contribution in [0.25, 0.3) is 0 Å². The average Bonchev–Trinajstić information content (AvgIpc) is 2.30. The summed E-state index contributed by atoms with van der Waals surface area (Å²) in [6.45, 7) is 1.20. The lowest BCUT2D eigenvalue weighted by atomic mass is 9.91. The normalized spacial score (nSPS) is 26.3. The Kier molecular flexibility index (Phi) is 2.86. The minimum atomic E-state index is -1.38. The number of alkyl halides is 1. The highest BCUT2D eigenvalue weighted by Gasteiger charge is 2.37. The van der Waals surface area contributed by atoms with Gasteiger partial charge in [-0.15, -0.1) is 0 Å². The number of halogens is 1. The Morgan fingerprint density at radius 1 is 1.60 bits per heavy atom. The molecule has 0 saturated carbocycles. The van der Waals surface area contributed by atoms with Gasteiger partial charge in [-0.3, -0.25) is 4.98 Å². The minimum absolute atomic E-state index is 0.320. The minimum Gasteiger partial charge on any atom is -0.495 e. The van der Waals surface area contributed by atoms with E-state index in [0.717, 1.165) is 13.0 Å². The molecule has 1 N–H and O–H groups in total. The fourth-order valence-electron chi connectivity index (χ4n) is 1.96. The number of rotatable bonds is 2. The maximum absolute atomic E-state index is 14.5. The molecule has 0 bridgehead atoms. The first-order valence-corrected chi connectivity index (χ1v) is 5.15. The maximum atomic E-state index is 14.5. The highest BCUT2D eigenvalue weighted by Crippen LogP contribution is 2.36. The van der Waals surface area contributed by atoms with E-state index < -0.39 is 5.67 Å². The lowest BCUT2D eigenvalue weighted by Crippen LogP contribution is -2.40. The Bertz CT molecular complexity index is 337. The Hall–Kier alpha value is -1.16. The molecule has 1 atom stereocenters. The van der Waals surface area contributed by atoms with E-state index in [0.29, 0.717) is 24.4 Å². The van der Waals surface area contributed by atoms with Crippen molar-refractivity contribution in [2.75, 3.05) is 20.2 Å². The highest BCUT2D eigenvalue weighted by molar-refractivity contribution is 5.32. The van der Waals surface area contributed by atoms with Crippen molar-refractivity contribution in [1.29, 1.82) is 0 Å². The molecule has 1 saturated heterocycles. The van der Waals surface area contributed by atoms with Crippen molar-refractivity contribution in [2.45, 2.75) is 18.5 Å². The van der Waals surface area contributed by atoms with Gasteiger partial charge in [-0.05, 0) is 31.5 Å². The van der Waals surface area contributed by atoms with Crippen molar-refractivity contribution in [3.05, 3.63) is 24.0 Å². The number of pyridine rings is 1. The first kappa shape index (κ1) is 10.4. The Balaban J connectivity index is 2.34. The molecule has 2 heterocycles. The largest absolute Gasteiger partial charge is 0.495 e. The third-order valence-corrected chi connectivity index (χ3v) is 2.75. The predicted molar refractivity (Wildman–Crippen MR) is 55.7 cm³/mol. The van der Waals surface area contributed by atoms with Crippen molar-refractivity contribution in [3.63, 3.8) is 0 Å². The van der Waals surface area contributed by atoms with Crippen LogP contribution < -0.4 is 10.1 Å². The van der Waals surface area contributed by atoms with E-state index in [1.165, 1.54) is 0 Å². The van der Waals surface area contributed by atoms with E-state index >= 15 is 0 Å². The molecule has 1 unspecified atom stereocenters. The van der Waals surface area contributed by atoms with Crippen LogP contribution in [-0.2, 0) is 5.67 Å². The summed E-state index contributed by atoms with van der Waals surface area (Å²) < 4.78 is 19.7. The van der Waals surface area contributed by atoms with Crippen molar-refractivity contribution in [1.82, 2.24) is 10.3 Å². The van der Waals surface area contributed by atoms with Gasteiger partial charge in [-0.2, -0.15) is 0 Å². The van der Waals surface area contributed by atoms with E-state index in [1.807, 2.05) is 0 Å². The topological polar surface area (TPSA) is 34.1 Å². The number of hydrogen-bond donors (Lipinski definition) is 1. The zero-order valence-corrected chi connectivity index (χ0v) is 8.79. The smallest absolute Gasteiger partial charge is 0.168 e. The summed E-state index contributed by atoms with van der Waals surface area (Å²) in [7, 11) is 1.54. The zero-order valence-electron chi connectivity index (χ0n) is 8.79. The summed E-state index contributed by atoms with van der Waals surface area (Å²) in [5.74, 6) is 0.531. The van der Waals surface area contributed by atoms with E-state index in [-0.39, 0.29) is 0 Å². The first-order valence-electron chi connectivity index (χ1n) is 5.15. The number of aromatic nitrogens is 1. The van der Waals surface area contributed by atoms with Crippen LogP contribution in [-0.4, -0.2) is 25.2 Å². The number of ether oxygens (including phenoxy) is 1. The van der Waals surface area contributed by atoms with E-state index in [9.17, 15) is 4.39 Å². The number of hydrogen-bond acceptors (Lipinski definition) is 3. The van der Waals surface area contributed by atoms with Gasteiger partial charge in [0, 0.05) is 12.7 Å². The second-order valence-corrected chi connectivity index (χ2v) is 3.80. The first-order chi connectivity index (χ1) is 7.26. The fourth-order valence-corrected chi connectivity index (χ4v) is 1.96. The second kappa shape index (κ2) is 4.14. The van der Waals surface area contributed by atoms with Crippen LogP contribution in [0.1, 0.15) is 18.5 Å². The Labute approximate surface area is 88.7 Å². The average molecular weight is 210 g/mol. The molecule has 1 fully saturated rings. The van der Waals surface area contributed by atoms with Gasteiger partial charge in [0.1, 0.15) is 11.4 Å². The molecule has 0 aromatic carbocycles. The lowest BCUT2D eigenvalue weighted by molar-refractivity contribution is 0.112. The molecular weight excluding hydrogens is 195 g/mol. The molecule has 0 radical (unpaired) electrons. The molecule has 0 amide bonds. The zero-order chi connectivity index (χ0) is 10.7. The van der Waals surface area contributed by atoms with Gasteiger partial charge in [0.05, 0.1) is 7.11 Å². The monoisotopic (exact) mass is 210 g/mol. The summed E-state index contributed by atoms with van der Waals surface area (Å²) in [5, 5.41) is 3.05. The summed E-state index contributed by atoms with van der Waals surface area (Å²) in [6, 6.07) is 3.50. The summed E-state index contributed by atoms with van der Waals surface area (Å²) >= 11 is 0. The fraction of sp³-hybridized carbons (Fsp3) is 0.545. The summed E-state index contributed by atoms with van der Waals surface area (Å²) in [5.41, 5.74) is -0.968. The molecule has 1 aromatic rings. The molecule has 0 aliphatic carbocycles. The van der Waals surface area contributed by atoms with Gasteiger partial charge in [-0.25, -0.2) is 4.39 Å². The van der Waals surface area contributed by atoms with Gasteiger partial charge < -0.3 is 10.1 Å². The van der Waals surface area contributed by atoms with Gasteiger partial charge in [0.25, 0.3) is 0 Å². The van der Waals surface area contributed by atoms with Crippen LogP contribution in [0.15, 0.2) is 18.3 Å². The second-order valence-electron chi connectivity index (χ2n) is 3.80. The Morgan fingerprint density at radius 2 is 2.47 bits per heavy atom. The molecule has 15 heavy (non-hydrogen) atoms. The molecule has 2 rings (SSSR count). The molecule has 3 nitrogen and oxygen atoms in total. The number of nitrogens with one attached hydrogen (secondary N) is 1. The van der Waals surface area contributed by atoms with Gasteiger partial charge in [0.15, 0.2) is 5.67 Å². The van der Waals surface area contributed by atoms with Crippen LogP contribution in [0, 0.1) is 0 Å². The van der Waals surface area contributed by atoms with Gasteiger partial charge in [-0.1, -0.05) is 0 Å². The van der Waals surface area contributed by atoms with E-state index in [1.54, 1.807) is 25.4 Å². The third kappa shape index (κ3) is 1.95. The number of piperidine rings is 1. The molecular formula is C11H15FN2O. The predicted octanol–water partition coefficient (Wildman–Crippen LogP) is 1.64. The van der Waals surface area contributed by atoms with Crippen LogP contribution in [0.5, 0.6) is 5.75 Å². The van der Waals surface area contributed by atoms with Crippen molar-refractivity contribution >= 4 is 0 Å². The van der Waals surface area contributed by atoms with Crippen molar-refractivity contribution in [2.24, 2.45) is 0 Å². The molecule has 1 aliphatic heterocycles. The quantitative estimate of drug-likeness (QED) is 0.805. The van der Waals surface area contributed by atoms with Crippen LogP contribution >= 0.6 is 0 Å². The molecule has 1 aromatic heterocycles. The van der Waals surface area contributed by atoms with Crippen molar-refractivity contribution < 1.29 is 9.13 Å². The SMILES string of the molecule is COc1cccnc1C1(F)CCCNC1. The van der Waals surface area contributed by atoms with E-state index in [2.05, 4.69) is 10.3 Å². The van der Waals surface area contributed by atoms with Gasteiger partial charge >= 0.3 is 0 Å². The lowest BCUT2D eigenvalue weighted by Gasteiger charge is -2.30.